The van der Waals surface area contributed by atoms with Crippen LogP contribution in [0.4, 0.5) is 0 Å². The SMILES string of the molecule is CN=CC=C(C)N. The molecular weight excluding hydrogens is 88.1 g/mol. The fourth-order valence-electron chi connectivity index (χ4n) is 0.192. The predicted octanol–water partition coefficient (Wildman–Crippen LogP) is 0.550. The van der Waals surface area contributed by atoms with Gasteiger partial charge in [-0.05, 0) is 13.0 Å². The van der Waals surface area contributed by atoms with E-state index >= 15 is 0 Å². The van der Waals surface area contributed by atoms with Crippen molar-refractivity contribution in [2.75, 3.05) is 7.05 Å². The molecule has 0 heterocycles. The second-order valence-electron chi connectivity index (χ2n) is 1.32. The van der Waals surface area contributed by atoms with Gasteiger partial charge < -0.3 is 5.73 Å². The number of aliphatic imine (C=N–C) groups is 1. The molecule has 0 amide bonds. The Morgan fingerprint density at radius 2 is 2.29 bits per heavy atom. The van der Waals surface area contributed by atoms with Crippen LogP contribution in [0.1, 0.15) is 6.92 Å². The first kappa shape index (κ1) is 6.21. The fraction of sp³-hybridized carbons (Fsp3) is 0.400. The van der Waals surface area contributed by atoms with E-state index in [0.717, 1.165) is 5.70 Å². The van der Waals surface area contributed by atoms with Gasteiger partial charge in [-0.25, -0.2) is 0 Å². The minimum absolute atomic E-state index is 0.783. The summed E-state index contributed by atoms with van der Waals surface area (Å²) in [6.45, 7) is 1.82. The summed E-state index contributed by atoms with van der Waals surface area (Å²) in [5.41, 5.74) is 6.03. The zero-order valence-corrected chi connectivity index (χ0v) is 4.68. The molecule has 0 aromatic rings. The van der Waals surface area contributed by atoms with Crippen molar-refractivity contribution < 1.29 is 0 Å². The maximum absolute atomic E-state index is 5.25. The second-order valence-corrected chi connectivity index (χ2v) is 1.32. The van der Waals surface area contributed by atoms with Crippen molar-refractivity contribution >= 4 is 6.21 Å². The van der Waals surface area contributed by atoms with E-state index in [1.165, 1.54) is 0 Å². The summed E-state index contributed by atoms with van der Waals surface area (Å²) in [5.74, 6) is 0. The number of rotatable bonds is 1. The molecule has 0 saturated carbocycles. The van der Waals surface area contributed by atoms with Crippen molar-refractivity contribution in [2.24, 2.45) is 10.7 Å². The number of hydrogen-bond donors (Lipinski definition) is 1. The Bertz CT molecular complexity index is 88.3. The zero-order valence-electron chi connectivity index (χ0n) is 4.68. The molecule has 0 bridgehead atoms. The minimum atomic E-state index is 0.783. The quantitative estimate of drug-likeness (QED) is 0.478. The number of nitrogens with zero attached hydrogens (tertiary/aromatic N) is 1. The standard InChI is InChI=1S/C5H10N2/c1-5(6)3-4-7-2/h3-4H,6H2,1-2H3. The van der Waals surface area contributed by atoms with Crippen LogP contribution >= 0.6 is 0 Å². The molecule has 0 atom stereocenters. The van der Waals surface area contributed by atoms with Crippen molar-refractivity contribution in [1.82, 2.24) is 0 Å². The van der Waals surface area contributed by atoms with Crippen LogP contribution in [0.3, 0.4) is 0 Å². The van der Waals surface area contributed by atoms with Crippen LogP contribution in [-0.4, -0.2) is 13.3 Å². The molecule has 0 unspecified atom stereocenters. The average molecular weight is 98.1 g/mol. The lowest BCUT2D eigenvalue weighted by molar-refractivity contribution is 1.32. The molecule has 0 aliphatic heterocycles. The summed E-state index contributed by atoms with van der Waals surface area (Å²) >= 11 is 0. The Morgan fingerprint density at radius 3 is 2.43 bits per heavy atom. The molecule has 0 radical (unpaired) electrons. The van der Waals surface area contributed by atoms with Gasteiger partial charge in [0.25, 0.3) is 0 Å². The molecule has 0 aromatic heterocycles. The lowest BCUT2D eigenvalue weighted by atomic mass is 10.5. The van der Waals surface area contributed by atoms with Gasteiger partial charge in [0.15, 0.2) is 0 Å². The largest absolute Gasteiger partial charge is 0.402 e. The average Bonchev–Trinajstić information content (AvgIpc) is 1.61. The molecule has 0 spiro atoms. The smallest absolute Gasteiger partial charge is 0.0277 e. The third-order valence-electron chi connectivity index (χ3n) is 0.486. The van der Waals surface area contributed by atoms with Crippen molar-refractivity contribution in [3.05, 3.63) is 11.8 Å². The fourth-order valence-corrected chi connectivity index (χ4v) is 0.192. The Hall–Kier alpha value is -0.790. The first-order valence-corrected chi connectivity index (χ1v) is 2.12. The Kier molecular flexibility index (Phi) is 3.02. The van der Waals surface area contributed by atoms with E-state index < -0.39 is 0 Å². The highest BCUT2D eigenvalue weighted by Crippen LogP contribution is 1.72. The highest BCUT2D eigenvalue weighted by Gasteiger charge is 1.66. The van der Waals surface area contributed by atoms with Crippen LogP contribution in [0.5, 0.6) is 0 Å². The van der Waals surface area contributed by atoms with Gasteiger partial charge in [0, 0.05) is 19.0 Å². The second kappa shape index (κ2) is 3.40. The van der Waals surface area contributed by atoms with Crippen molar-refractivity contribution in [3.63, 3.8) is 0 Å². The van der Waals surface area contributed by atoms with E-state index in [2.05, 4.69) is 4.99 Å². The molecule has 2 N–H and O–H groups in total. The highest BCUT2D eigenvalue weighted by atomic mass is 14.6. The van der Waals surface area contributed by atoms with Crippen molar-refractivity contribution in [1.29, 1.82) is 0 Å². The third-order valence-corrected chi connectivity index (χ3v) is 0.486. The van der Waals surface area contributed by atoms with Gasteiger partial charge in [-0.3, -0.25) is 4.99 Å². The first-order chi connectivity index (χ1) is 3.27. The summed E-state index contributed by atoms with van der Waals surface area (Å²) in [6.07, 6.45) is 3.41. The lowest BCUT2D eigenvalue weighted by Crippen LogP contribution is -1.89. The number of allylic oxidation sites excluding steroid dienone is 2. The summed E-state index contributed by atoms with van der Waals surface area (Å²) in [6, 6.07) is 0. The van der Waals surface area contributed by atoms with Crippen LogP contribution in [0.15, 0.2) is 16.8 Å². The third kappa shape index (κ3) is 5.21. The lowest BCUT2D eigenvalue weighted by Gasteiger charge is -1.79. The molecule has 2 heteroatoms. The van der Waals surface area contributed by atoms with E-state index in [0.29, 0.717) is 0 Å². The number of nitrogens with two attached hydrogens (primary N) is 1. The predicted molar refractivity (Wildman–Crippen MR) is 32.4 cm³/mol. The van der Waals surface area contributed by atoms with E-state index in [1.54, 1.807) is 19.3 Å². The van der Waals surface area contributed by atoms with Crippen LogP contribution in [0, 0.1) is 0 Å². The molecular formula is C5H10N2. The Balaban J connectivity index is 3.46. The minimum Gasteiger partial charge on any atom is -0.402 e. The highest BCUT2D eigenvalue weighted by molar-refractivity contribution is 5.71. The van der Waals surface area contributed by atoms with Gasteiger partial charge in [-0.1, -0.05) is 0 Å². The summed E-state index contributed by atoms with van der Waals surface area (Å²) in [4.78, 5) is 3.69. The van der Waals surface area contributed by atoms with Gasteiger partial charge in [0.05, 0.1) is 0 Å². The van der Waals surface area contributed by atoms with E-state index in [1.807, 2.05) is 6.92 Å². The van der Waals surface area contributed by atoms with E-state index in [9.17, 15) is 0 Å². The van der Waals surface area contributed by atoms with Gasteiger partial charge in [0.2, 0.25) is 0 Å². The zero-order chi connectivity index (χ0) is 5.70. The van der Waals surface area contributed by atoms with Crippen LogP contribution in [-0.2, 0) is 0 Å². The normalized spacial score (nSPS) is 13.1. The van der Waals surface area contributed by atoms with Crippen LogP contribution in [0.25, 0.3) is 0 Å². The van der Waals surface area contributed by atoms with E-state index in [-0.39, 0.29) is 0 Å². The van der Waals surface area contributed by atoms with Gasteiger partial charge in [0.1, 0.15) is 0 Å². The summed E-state index contributed by atoms with van der Waals surface area (Å²) in [7, 11) is 1.71. The van der Waals surface area contributed by atoms with Gasteiger partial charge in [-0.15, -0.1) is 0 Å². The molecule has 7 heavy (non-hydrogen) atoms. The first-order valence-electron chi connectivity index (χ1n) is 2.12. The topological polar surface area (TPSA) is 38.4 Å². The number of hydrogen-bond acceptors (Lipinski definition) is 2. The van der Waals surface area contributed by atoms with Gasteiger partial charge in [-0.2, -0.15) is 0 Å². The summed E-state index contributed by atoms with van der Waals surface area (Å²) < 4.78 is 0. The molecule has 0 fully saturated rings. The maximum Gasteiger partial charge on any atom is 0.0277 e. The summed E-state index contributed by atoms with van der Waals surface area (Å²) in [5, 5.41) is 0. The molecule has 0 rings (SSSR count). The molecule has 0 aliphatic rings. The molecule has 40 valence electrons. The molecule has 0 aromatic carbocycles. The molecule has 0 saturated heterocycles. The molecule has 2 nitrogen and oxygen atoms in total. The molecule has 0 aliphatic carbocycles. The van der Waals surface area contributed by atoms with Crippen molar-refractivity contribution in [3.8, 4) is 0 Å². The van der Waals surface area contributed by atoms with Crippen molar-refractivity contribution in [2.45, 2.75) is 6.92 Å². The van der Waals surface area contributed by atoms with Crippen LogP contribution in [0.2, 0.25) is 0 Å². The van der Waals surface area contributed by atoms with E-state index in [4.69, 9.17) is 5.73 Å². The maximum atomic E-state index is 5.25. The van der Waals surface area contributed by atoms with Gasteiger partial charge >= 0.3 is 0 Å². The van der Waals surface area contributed by atoms with Crippen LogP contribution < -0.4 is 5.73 Å². The monoisotopic (exact) mass is 98.1 g/mol. The Morgan fingerprint density at radius 1 is 1.71 bits per heavy atom. The Labute approximate surface area is 43.7 Å².